The van der Waals surface area contributed by atoms with Crippen LogP contribution in [0.25, 0.3) is 0 Å². The van der Waals surface area contributed by atoms with Crippen molar-refractivity contribution >= 4 is 23.4 Å². The van der Waals surface area contributed by atoms with E-state index in [0.29, 0.717) is 5.56 Å². The van der Waals surface area contributed by atoms with Crippen molar-refractivity contribution in [2.45, 2.75) is 6.42 Å². The van der Waals surface area contributed by atoms with Crippen molar-refractivity contribution in [3.63, 3.8) is 0 Å². The van der Waals surface area contributed by atoms with E-state index in [0.717, 1.165) is 24.4 Å². The van der Waals surface area contributed by atoms with Gasteiger partial charge in [0.2, 0.25) is 0 Å². The molecule has 1 rings (SSSR count). The lowest BCUT2D eigenvalue weighted by atomic mass is 10.2. The fourth-order valence-corrected chi connectivity index (χ4v) is 1.67. The van der Waals surface area contributed by atoms with E-state index in [1.807, 2.05) is 0 Å². The number of hydrogen-bond acceptors (Lipinski definition) is 4. The molecule has 0 aliphatic rings. The summed E-state index contributed by atoms with van der Waals surface area (Å²) in [5.74, 6) is 6.27. The largest absolute Gasteiger partial charge is 0.352 e. The molecule has 4 N–H and O–H groups in total. The third-order valence-electron chi connectivity index (χ3n) is 2.12. The zero-order valence-corrected chi connectivity index (χ0v) is 10.1. The van der Waals surface area contributed by atoms with Gasteiger partial charge in [0.25, 0.3) is 5.91 Å². The topological polar surface area (TPSA) is 67.2 Å². The molecule has 0 atom stereocenters. The van der Waals surface area contributed by atoms with E-state index in [2.05, 4.69) is 17.0 Å². The number of hydrazine groups is 1. The summed E-state index contributed by atoms with van der Waals surface area (Å²) >= 11 is 1.78. The molecule has 0 aliphatic carbocycles. The number of thioether (sulfide) groups is 1. The van der Waals surface area contributed by atoms with Gasteiger partial charge >= 0.3 is 0 Å². The van der Waals surface area contributed by atoms with Crippen LogP contribution < -0.4 is 16.6 Å². The second-order valence-corrected chi connectivity index (χ2v) is 4.31. The van der Waals surface area contributed by atoms with Gasteiger partial charge in [0.15, 0.2) is 0 Å². The first-order valence-electron chi connectivity index (χ1n) is 5.11. The lowest BCUT2D eigenvalue weighted by Gasteiger charge is -2.05. The molecule has 88 valence electrons. The van der Waals surface area contributed by atoms with Gasteiger partial charge in [0.05, 0.1) is 0 Å². The smallest absolute Gasteiger partial charge is 0.251 e. The van der Waals surface area contributed by atoms with Gasteiger partial charge in [-0.3, -0.25) is 10.6 Å². The fourth-order valence-electron chi connectivity index (χ4n) is 1.24. The highest BCUT2D eigenvalue weighted by molar-refractivity contribution is 7.98. The van der Waals surface area contributed by atoms with Crippen LogP contribution in [-0.4, -0.2) is 24.5 Å². The number of nitrogens with two attached hydrogens (primary N) is 1. The average Bonchev–Trinajstić information content (AvgIpc) is 2.34. The highest BCUT2D eigenvalue weighted by atomic mass is 32.2. The Bertz CT molecular complexity index is 327. The SMILES string of the molecule is CSCCCNC(=O)c1ccc(NN)cc1. The molecule has 0 fully saturated rings. The molecule has 0 spiro atoms. The van der Waals surface area contributed by atoms with Crippen molar-refractivity contribution in [1.82, 2.24) is 5.32 Å². The van der Waals surface area contributed by atoms with Crippen LogP contribution in [0.2, 0.25) is 0 Å². The number of amides is 1. The Labute approximate surface area is 100.0 Å². The molecule has 0 heterocycles. The number of nitrogens with one attached hydrogen (secondary N) is 2. The van der Waals surface area contributed by atoms with Crippen LogP contribution >= 0.6 is 11.8 Å². The highest BCUT2D eigenvalue weighted by Gasteiger charge is 2.03. The van der Waals surface area contributed by atoms with Crippen LogP contribution in [-0.2, 0) is 0 Å². The van der Waals surface area contributed by atoms with Crippen molar-refractivity contribution in [3.05, 3.63) is 29.8 Å². The zero-order valence-electron chi connectivity index (χ0n) is 9.32. The lowest BCUT2D eigenvalue weighted by molar-refractivity contribution is 0.0954. The van der Waals surface area contributed by atoms with Crippen LogP contribution in [0.4, 0.5) is 5.69 Å². The Morgan fingerprint density at radius 1 is 1.38 bits per heavy atom. The van der Waals surface area contributed by atoms with Gasteiger partial charge in [-0.25, -0.2) is 0 Å². The van der Waals surface area contributed by atoms with E-state index in [4.69, 9.17) is 5.84 Å². The summed E-state index contributed by atoms with van der Waals surface area (Å²) in [6, 6.07) is 7.05. The molecule has 0 aromatic heterocycles. The standard InChI is InChI=1S/C11H17N3OS/c1-16-8-2-7-13-11(15)9-3-5-10(14-12)6-4-9/h3-6,14H,2,7-8,12H2,1H3,(H,13,15). The van der Waals surface area contributed by atoms with Crippen LogP contribution in [0.5, 0.6) is 0 Å². The summed E-state index contributed by atoms with van der Waals surface area (Å²) in [5.41, 5.74) is 3.96. The molecule has 4 nitrogen and oxygen atoms in total. The average molecular weight is 239 g/mol. The third-order valence-corrected chi connectivity index (χ3v) is 2.82. The van der Waals surface area contributed by atoms with Gasteiger partial charge in [0, 0.05) is 17.8 Å². The molecule has 0 saturated carbocycles. The quantitative estimate of drug-likeness (QED) is 0.399. The Kier molecular flexibility index (Phi) is 5.74. The minimum Gasteiger partial charge on any atom is -0.352 e. The van der Waals surface area contributed by atoms with Crippen molar-refractivity contribution in [1.29, 1.82) is 0 Å². The van der Waals surface area contributed by atoms with E-state index in [-0.39, 0.29) is 5.91 Å². The van der Waals surface area contributed by atoms with Crippen LogP contribution in [0.1, 0.15) is 16.8 Å². The second kappa shape index (κ2) is 7.14. The van der Waals surface area contributed by atoms with E-state index < -0.39 is 0 Å². The lowest BCUT2D eigenvalue weighted by Crippen LogP contribution is -2.24. The summed E-state index contributed by atoms with van der Waals surface area (Å²) in [4.78, 5) is 11.6. The highest BCUT2D eigenvalue weighted by Crippen LogP contribution is 2.07. The minimum atomic E-state index is -0.0373. The van der Waals surface area contributed by atoms with Crippen molar-refractivity contribution in [2.75, 3.05) is 24.0 Å². The van der Waals surface area contributed by atoms with E-state index in [1.165, 1.54) is 0 Å². The number of rotatable bonds is 6. The first-order chi connectivity index (χ1) is 7.77. The van der Waals surface area contributed by atoms with Gasteiger partial charge in [-0.05, 0) is 42.7 Å². The molecule has 0 bridgehead atoms. The van der Waals surface area contributed by atoms with Gasteiger partial charge in [0.1, 0.15) is 0 Å². The maximum Gasteiger partial charge on any atom is 0.251 e. The second-order valence-electron chi connectivity index (χ2n) is 3.32. The summed E-state index contributed by atoms with van der Waals surface area (Å²) in [6.07, 6.45) is 3.05. The number of anilines is 1. The van der Waals surface area contributed by atoms with Crippen molar-refractivity contribution < 1.29 is 4.79 Å². The summed E-state index contributed by atoms with van der Waals surface area (Å²) in [6.45, 7) is 0.719. The van der Waals surface area contributed by atoms with E-state index in [1.54, 1.807) is 36.0 Å². The first kappa shape index (κ1) is 12.9. The summed E-state index contributed by atoms with van der Waals surface area (Å²) in [5, 5.41) is 2.87. The Morgan fingerprint density at radius 2 is 2.06 bits per heavy atom. The molecule has 0 saturated heterocycles. The predicted octanol–water partition coefficient (Wildman–Crippen LogP) is 1.46. The van der Waals surface area contributed by atoms with Crippen molar-refractivity contribution in [3.8, 4) is 0 Å². The fraction of sp³-hybridized carbons (Fsp3) is 0.364. The van der Waals surface area contributed by atoms with E-state index in [9.17, 15) is 4.79 Å². The molecule has 0 radical (unpaired) electrons. The molecule has 1 amide bonds. The van der Waals surface area contributed by atoms with Crippen LogP contribution in [0.15, 0.2) is 24.3 Å². The maximum absolute atomic E-state index is 11.6. The predicted molar refractivity (Wildman–Crippen MR) is 69.6 cm³/mol. The Morgan fingerprint density at radius 3 is 2.62 bits per heavy atom. The number of nitrogen functional groups attached to an aromatic ring is 1. The molecular formula is C11H17N3OS. The molecular weight excluding hydrogens is 222 g/mol. The Hall–Kier alpha value is -1.20. The number of hydrogen-bond donors (Lipinski definition) is 3. The molecule has 5 heteroatoms. The number of carbonyl (C=O) groups is 1. The van der Waals surface area contributed by atoms with Gasteiger partial charge in [-0.2, -0.15) is 11.8 Å². The van der Waals surface area contributed by atoms with Gasteiger partial charge < -0.3 is 10.7 Å². The summed E-state index contributed by atoms with van der Waals surface area (Å²) in [7, 11) is 0. The normalized spacial score (nSPS) is 9.88. The van der Waals surface area contributed by atoms with Crippen LogP contribution in [0, 0.1) is 0 Å². The van der Waals surface area contributed by atoms with E-state index >= 15 is 0 Å². The molecule has 16 heavy (non-hydrogen) atoms. The molecule has 1 aromatic carbocycles. The Balaban J connectivity index is 2.40. The summed E-state index contributed by atoms with van der Waals surface area (Å²) < 4.78 is 0. The van der Waals surface area contributed by atoms with Crippen LogP contribution in [0.3, 0.4) is 0 Å². The molecule has 0 unspecified atom stereocenters. The first-order valence-corrected chi connectivity index (χ1v) is 6.51. The maximum atomic E-state index is 11.6. The third kappa shape index (κ3) is 4.12. The minimum absolute atomic E-state index is 0.0373. The van der Waals surface area contributed by atoms with Gasteiger partial charge in [-0.15, -0.1) is 0 Å². The molecule has 0 aliphatic heterocycles. The number of benzene rings is 1. The number of carbonyl (C=O) groups excluding carboxylic acids is 1. The van der Waals surface area contributed by atoms with Gasteiger partial charge in [-0.1, -0.05) is 0 Å². The zero-order chi connectivity index (χ0) is 11.8. The van der Waals surface area contributed by atoms with Crippen molar-refractivity contribution in [2.24, 2.45) is 5.84 Å². The monoisotopic (exact) mass is 239 g/mol. The molecule has 1 aromatic rings.